The monoisotopic (exact) mass is 618 g/mol. The average Bonchev–Trinajstić information content (AvgIpc) is 3.34. The number of nitrogens with zero attached hydrogens (tertiary/aromatic N) is 4. The van der Waals surface area contributed by atoms with Crippen molar-refractivity contribution in [2.75, 3.05) is 25.0 Å². The molecule has 0 atom stereocenters. The van der Waals surface area contributed by atoms with E-state index in [0.29, 0.717) is 29.5 Å². The molecule has 1 aliphatic rings. The summed E-state index contributed by atoms with van der Waals surface area (Å²) in [6.45, 7) is -0.744. The summed E-state index contributed by atoms with van der Waals surface area (Å²) in [6.07, 6.45) is 7.01. The van der Waals surface area contributed by atoms with E-state index in [-0.39, 0.29) is 11.7 Å². The molecular weight excluding hydrogens is 593 g/mol. The number of ether oxygens (including phenoxy) is 1. The lowest BCUT2D eigenvalue weighted by molar-refractivity contribution is -0.0498. The first kappa shape index (κ1) is 25.3. The average molecular weight is 618 g/mol. The zero-order valence-corrected chi connectivity index (χ0v) is 21.9. The molecule has 5 rings (SSSR count). The SMILES string of the molecule is NCC1CCN(C(=O)c2ccc(Nc3nccn4c(-c5ccc(OC(F)F)cc5)cnc34)cc2I)CC1. The number of nitrogens with two attached hydrogens (primary N) is 1. The van der Waals surface area contributed by atoms with Crippen LogP contribution in [-0.2, 0) is 0 Å². The van der Waals surface area contributed by atoms with Gasteiger partial charge >= 0.3 is 6.61 Å². The zero-order chi connectivity index (χ0) is 25.9. The first-order valence-corrected chi connectivity index (χ1v) is 12.9. The number of amides is 1. The Hall–Kier alpha value is -3.32. The van der Waals surface area contributed by atoms with Crippen LogP contribution < -0.4 is 15.8 Å². The minimum atomic E-state index is -2.87. The van der Waals surface area contributed by atoms with Crippen molar-refractivity contribution in [2.24, 2.45) is 11.7 Å². The molecule has 2 aromatic carbocycles. The van der Waals surface area contributed by atoms with E-state index in [1.54, 1.807) is 30.7 Å². The van der Waals surface area contributed by atoms with Crippen molar-refractivity contribution in [3.8, 4) is 17.0 Å². The van der Waals surface area contributed by atoms with E-state index >= 15 is 0 Å². The smallest absolute Gasteiger partial charge is 0.387 e. The Kier molecular flexibility index (Phi) is 7.51. The van der Waals surface area contributed by atoms with Crippen LogP contribution in [0.4, 0.5) is 20.3 Å². The third-order valence-corrected chi connectivity index (χ3v) is 7.39. The van der Waals surface area contributed by atoms with E-state index in [1.165, 1.54) is 12.1 Å². The molecule has 0 unspecified atom stereocenters. The van der Waals surface area contributed by atoms with Crippen LogP contribution in [0.1, 0.15) is 23.2 Å². The van der Waals surface area contributed by atoms with Crippen molar-refractivity contribution < 1.29 is 18.3 Å². The minimum absolute atomic E-state index is 0.0366. The molecule has 192 valence electrons. The lowest BCUT2D eigenvalue weighted by Gasteiger charge is -2.31. The number of anilines is 2. The van der Waals surface area contributed by atoms with E-state index in [2.05, 4.69) is 42.6 Å². The van der Waals surface area contributed by atoms with E-state index in [4.69, 9.17) is 5.73 Å². The highest BCUT2D eigenvalue weighted by Crippen LogP contribution is 2.28. The fraction of sp³-hybridized carbons (Fsp3) is 0.269. The van der Waals surface area contributed by atoms with Gasteiger partial charge in [-0.2, -0.15) is 8.78 Å². The maximum Gasteiger partial charge on any atom is 0.387 e. The molecule has 1 amide bonds. The van der Waals surface area contributed by atoms with Crippen molar-refractivity contribution >= 4 is 45.7 Å². The molecule has 0 spiro atoms. The number of nitrogens with one attached hydrogen (secondary N) is 1. The van der Waals surface area contributed by atoms with Gasteiger partial charge in [-0.3, -0.25) is 9.20 Å². The Morgan fingerprint density at radius 3 is 2.59 bits per heavy atom. The van der Waals surface area contributed by atoms with Gasteiger partial charge in [0.2, 0.25) is 0 Å². The van der Waals surface area contributed by atoms with Crippen LogP contribution in [0.3, 0.4) is 0 Å². The number of hydrogen-bond donors (Lipinski definition) is 2. The molecule has 1 aliphatic heterocycles. The number of likely N-dealkylation sites (tertiary alicyclic amines) is 1. The number of fused-ring (bicyclic) bond motifs is 1. The van der Waals surface area contributed by atoms with Gasteiger partial charge in [0, 0.05) is 40.3 Å². The van der Waals surface area contributed by atoms with Crippen molar-refractivity contribution in [1.82, 2.24) is 19.3 Å². The van der Waals surface area contributed by atoms with Gasteiger partial charge < -0.3 is 20.7 Å². The topological polar surface area (TPSA) is 97.8 Å². The molecule has 2 aromatic heterocycles. The number of alkyl halides is 2. The first-order chi connectivity index (χ1) is 17.9. The van der Waals surface area contributed by atoms with Crippen molar-refractivity contribution in [2.45, 2.75) is 19.5 Å². The lowest BCUT2D eigenvalue weighted by atomic mass is 9.96. The molecule has 3 N–H and O–H groups in total. The highest BCUT2D eigenvalue weighted by molar-refractivity contribution is 14.1. The molecule has 8 nitrogen and oxygen atoms in total. The Bertz CT molecular complexity index is 1400. The van der Waals surface area contributed by atoms with Gasteiger partial charge in [-0.1, -0.05) is 0 Å². The van der Waals surface area contributed by atoms with Crippen LogP contribution in [0, 0.1) is 9.49 Å². The van der Waals surface area contributed by atoms with Crippen molar-refractivity contribution in [3.05, 3.63) is 70.2 Å². The molecule has 0 bridgehead atoms. The van der Waals surface area contributed by atoms with E-state index in [1.807, 2.05) is 27.5 Å². The second-order valence-corrected chi connectivity index (χ2v) is 9.97. The van der Waals surface area contributed by atoms with Crippen LogP contribution in [0.5, 0.6) is 5.75 Å². The van der Waals surface area contributed by atoms with Gasteiger partial charge in [-0.05, 0) is 90.4 Å². The summed E-state index contributed by atoms with van der Waals surface area (Å²) in [5.74, 6) is 1.17. The second kappa shape index (κ2) is 11.0. The van der Waals surface area contributed by atoms with Crippen molar-refractivity contribution in [3.63, 3.8) is 0 Å². The van der Waals surface area contributed by atoms with Crippen LogP contribution in [-0.4, -0.2) is 51.4 Å². The molecular formula is C26H25F2IN6O2. The number of carbonyl (C=O) groups excluding carboxylic acids is 1. The summed E-state index contributed by atoms with van der Waals surface area (Å²) in [7, 11) is 0. The second-order valence-electron chi connectivity index (χ2n) is 8.81. The highest BCUT2D eigenvalue weighted by Gasteiger charge is 2.24. The molecule has 0 radical (unpaired) electrons. The zero-order valence-electron chi connectivity index (χ0n) is 19.8. The van der Waals surface area contributed by atoms with E-state index in [0.717, 1.165) is 46.4 Å². The Labute approximate surface area is 226 Å². The Morgan fingerprint density at radius 1 is 1.16 bits per heavy atom. The Morgan fingerprint density at radius 2 is 1.92 bits per heavy atom. The molecule has 0 aliphatic carbocycles. The van der Waals surface area contributed by atoms with Gasteiger partial charge in [0.05, 0.1) is 17.5 Å². The largest absolute Gasteiger partial charge is 0.435 e. The van der Waals surface area contributed by atoms with Gasteiger partial charge in [-0.25, -0.2) is 9.97 Å². The van der Waals surface area contributed by atoms with E-state index < -0.39 is 6.61 Å². The fourth-order valence-electron chi connectivity index (χ4n) is 4.47. The van der Waals surface area contributed by atoms with Crippen LogP contribution in [0.25, 0.3) is 16.9 Å². The number of halogens is 3. The normalized spacial score (nSPS) is 14.4. The number of carbonyl (C=O) groups is 1. The summed E-state index contributed by atoms with van der Waals surface area (Å²) in [6, 6.07) is 12.0. The van der Waals surface area contributed by atoms with Crippen LogP contribution in [0.2, 0.25) is 0 Å². The molecule has 4 aromatic rings. The summed E-state index contributed by atoms with van der Waals surface area (Å²) in [5, 5.41) is 3.30. The molecule has 1 saturated heterocycles. The third-order valence-electron chi connectivity index (χ3n) is 6.50. The molecule has 0 saturated carbocycles. The predicted molar refractivity (Wildman–Crippen MR) is 145 cm³/mol. The number of rotatable bonds is 7. The third kappa shape index (κ3) is 5.52. The summed E-state index contributed by atoms with van der Waals surface area (Å²) < 4.78 is 32.0. The maximum atomic E-state index is 13.1. The molecule has 11 heteroatoms. The number of aromatic nitrogens is 3. The number of imidazole rings is 1. The van der Waals surface area contributed by atoms with Crippen molar-refractivity contribution in [1.29, 1.82) is 0 Å². The number of hydrogen-bond acceptors (Lipinski definition) is 6. The van der Waals surface area contributed by atoms with Crippen LogP contribution >= 0.6 is 22.6 Å². The van der Waals surface area contributed by atoms with Gasteiger partial charge in [0.25, 0.3) is 5.91 Å². The molecule has 3 heterocycles. The summed E-state index contributed by atoms with van der Waals surface area (Å²) in [5.41, 5.74) is 9.39. The van der Waals surface area contributed by atoms with E-state index in [9.17, 15) is 13.6 Å². The van der Waals surface area contributed by atoms with Gasteiger partial charge in [-0.15, -0.1) is 0 Å². The quantitative estimate of drug-likeness (QED) is 0.278. The highest BCUT2D eigenvalue weighted by atomic mass is 127. The van der Waals surface area contributed by atoms with Crippen LogP contribution in [0.15, 0.2) is 61.1 Å². The van der Waals surface area contributed by atoms with Gasteiger partial charge in [0.15, 0.2) is 11.5 Å². The summed E-state index contributed by atoms with van der Waals surface area (Å²) >= 11 is 2.19. The predicted octanol–water partition coefficient (Wildman–Crippen LogP) is 5.16. The first-order valence-electron chi connectivity index (χ1n) is 11.9. The molecule has 1 fully saturated rings. The lowest BCUT2D eigenvalue weighted by Crippen LogP contribution is -2.40. The fourth-order valence-corrected chi connectivity index (χ4v) is 5.22. The standard InChI is InChI=1S/C26H25F2IN6O2/c27-26(28)37-19-4-1-17(2-5-19)22-15-32-24-23(31-9-12-35(22)24)33-18-3-6-20(21(29)13-18)25(36)34-10-7-16(14-30)8-11-34/h1-6,9,12-13,15-16,26H,7-8,10-11,14,30H2,(H,31,33). The Balaban J connectivity index is 1.34. The van der Waals surface area contributed by atoms with Gasteiger partial charge in [0.1, 0.15) is 5.75 Å². The number of piperidine rings is 1. The minimum Gasteiger partial charge on any atom is -0.435 e. The molecule has 37 heavy (non-hydrogen) atoms. The maximum absolute atomic E-state index is 13.1. The summed E-state index contributed by atoms with van der Waals surface area (Å²) in [4.78, 5) is 23.9. The number of benzene rings is 2.